The van der Waals surface area contributed by atoms with Gasteiger partial charge in [0.05, 0.1) is 6.67 Å². The molecule has 1 aromatic rings. The Kier molecular flexibility index (Phi) is 5.63. The van der Waals surface area contributed by atoms with Crippen molar-refractivity contribution in [3.8, 4) is 0 Å². The summed E-state index contributed by atoms with van der Waals surface area (Å²) in [7, 11) is 0. The normalized spacial score (nSPS) is 12.4. The third-order valence-corrected chi connectivity index (χ3v) is 2.68. The Bertz CT molecular complexity index is 351. The lowest BCUT2D eigenvalue weighted by molar-refractivity contribution is -0.137. The second-order valence-corrected chi connectivity index (χ2v) is 4.07. The number of carboxylic acid groups (broad SMARTS) is 1. The fourth-order valence-corrected chi connectivity index (χ4v) is 1.65. The van der Waals surface area contributed by atoms with Crippen LogP contribution in [0.2, 0.25) is 0 Å². The summed E-state index contributed by atoms with van der Waals surface area (Å²) in [6.07, 6.45) is 1.76. The molecular weight excluding hydrogens is 221 g/mol. The lowest BCUT2D eigenvalue weighted by Gasteiger charge is -2.11. The lowest BCUT2D eigenvalue weighted by Crippen LogP contribution is -2.12. The molecule has 0 spiro atoms. The van der Waals surface area contributed by atoms with Gasteiger partial charge in [0.2, 0.25) is 0 Å². The number of benzene rings is 1. The Morgan fingerprint density at radius 1 is 1.35 bits per heavy atom. The molecule has 1 rings (SSSR count). The van der Waals surface area contributed by atoms with E-state index in [1.807, 2.05) is 24.3 Å². The highest BCUT2D eigenvalue weighted by atomic mass is 19.1. The summed E-state index contributed by atoms with van der Waals surface area (Å²) in [5.41, 5.74) is 7.88. The molecule has 4 heteroatoms. The summed E-state index contributed by atoms with van der Waals surface area (Å²) < 4.78 is 12.0. The zero-order chi connectivity index (χ0) is 12.7. The quantitative estimate of drug-likeness (QED) is 0.768. The van der Waals surface area contributed by atoms with Crippen molar-refractivity contribution in [1.29, 1.82) is 0 Å². The Morgan fingerprint density at radius 3 is 2.53 bits per heavy atom. The van der Waals surface area contributed by atoms with Gasteiger partial charge in [0.15, 0.2) is 0 Å². The number of alkyl halides is 1. The highest BCUT2D eigenvalue weighted by Gasteiger charge is 2.08. The molecule has 1 aromatic carbocycles. The Hall–Kier alpha value is -1.42. The molecule has 0 saturated carbocycles. The number of carbonyl (C=O) groups is 1. The van der Waals surface area contributed by atoms with E-state index in [1.54, 1.807) is 0 Å². The number of rotatable bonds is 7. The van der Waals surface area contributed by atoms with Crippen LogP contribution >= 0.6 is 0 Å². The molecular formula is C13H18FNO2. The van der Waals surface area contributed by atoms with Gasteiger partial charge in [-0.1, -0.05) is 24.3 Å². The van der Waals surface area contributed by atoms with E-state index in [1.165, 1.54) is 0 Å². The number of halogens is 1. The van der Waals surface area contributed by atoms with Gasteiger partial charge in [-0.25, -0.2) is 0 Å². The molecule has 1 atom stereocenters. The molecule has 17 heavy (non-hydrogen) atoms. The van der Waals surface area contributed by atoms with Crippen LogP contribution in [0, 0.1) is 0 Å². The van der Waals surface area contributed by atoms with Crippen molar-refractivity contribution in [2.75, 3.05) is 6.67 Å². The molecule has 0 aliphatic carbocycles. The molecule has 1 unspecified atom stereocenters. The molecule has 0 amide bonds. The lowest BCUT2D eigenvalue weighted by atomic mass is 10.0. The zero-order valence-electron chi connectivity index (χ0n) is 9.73. The summed E-state index contributed by atoms with van der Waals surface area (Å²) in [4.78, 5) is 10.4. The first-order valence-electron chi connectivity index (χ1n) is 5.75. The third-order valence-electron chi connectivity index (χ3n) is 2.68. The molecule has 0 heterocycles. The maximum Gasteiger partial charge on any atom is 0.303 e. The van der Waals surface area contributed by atoms with E-state index in [0.29, 0.717) is 12.8 Å². The van der Waals surface area contributed by atoms with Crippen LogP contribution in [0.1, 0.15) is 36.4 Å². The molecule has 0 fully saturated rings. The highest BCUT2D eigenvalue weighted by Crippen LogP contribution is 2.17. The van der Waals surface area contributed by atoms with Crippen LogP contribution in [-0.4, -0.2) is 17.8 Å². The molecule has 0 aromatic heterocycles. The zero-order valence-corrected chi connectivity index (χ0v) is 9.73. The van der Waals surface area contributed by atoms with Gasteiger partial charge in [-0.3, -0.25) is 9.18 Å². The van der Waals surface area contributed by atoms with Crippen LogP contribution in [-0.2, 0) is 11.2 Å². The van der Waals surface area contributed by atoms with E-state index in [9.17, 15) is 9.18 Å². The van der Waals surface area contributed by atoms with Crippen molar-refractivity contribution in [3.05, 3.63) is 35.4 Å². The highest BCUT2D eigenvalue weighted by molar-refractivity contribution is 5.66. The topological polar surface area (TPSA) is 63.3 Å². The average molecular weight is 239 g/mol. The van der Waals surface area contributed by atoms with Crippen molar-refractivity contribution in [2.24, 2.45) is 5.73 Å². The second-order valence-electron chi connectivity index (χ2n) is 4.07. The van der Waals surface area contributed by atoms with Crippen molar-refractivity contribution in [2.45, 2.75) is 31.7 Å². The number of hydrogen-bond donors (Lipinski definition) is 2. The predicted molar refractivity (Wildman–Crippen MR) is 64.5 cm³/mol. The van der Waals surface area contributed by atoms with Gasteiger partial charge >= 0.3 is 5.97 Å². The van der Waals surface area contributed by atoms with Gasteiger partial charge in [0.25, 0.3) is 0 Å². The second kappa shape index (κ2) is 7.01. The Morgan fingerprint density at radius 2 is 2.00 bits per heavy atom. The van der Waals surface area contributed by atoms with E-state index < -0.39 is 5.97 Å². The molecule has 0 aliphatic heterocycles. The first-order valence-corrected chi connectivity index (χ1v) is 5.75. The Balaban J connectivity index is 2.51. The van der Waals surface area contributed by atoms with Crippen LogP contribution in [0.15, 0.2) is 24.3 Å². The van der Waals surface area contributed by atoms with Gasteiger partial charge < -0.3 is 10.8 Å². The number of carboxylic acids is 1. The fourth-order valence-electron chi connectivity index (χ4n) is 1.65. The number of aryl methyl sites for hydroxylation is 1. The molecule has 0 aliphatic rings. The minimum atomic E-state index is -0.833. The van der Waals surface area contributed by atoms with E-state index in [2.05, 4.69) is 0 Å². The van der Waals surface area contributed by atoms with Crippen molar-refractivity contribution < 1.29 is 14.3 Å². The van der Waals surface area contributed by atoms with Gasteiger partial charge in [-0.05, 0) is 30.4 Å². The smallest absolute Gasteiger partial charge is 0.303 e. The summed E-state index contributed by atoms with van der Waals surface area (Å²) in [5, 5.41) is 8.56. The standard InChI is InChI=1S/C13H18FNO2/c14-9-1-2-10-3-5-11(6-4-10)12(15)7-8-13(16)17/h3-6,12H,1-2,7-9,15H2,(H,16,17). The summed E-state index contributed by atoms with van der Waals surface area (Å²) in [6.45, 7) is -0.306. The van der Waals surface area contributed by atoms with Crippen LogP contribution in [0.25, 0.3) is 0 Å². The van der Waals surface area contributed by atoms with Crippen molar-refractivity contribution in [3.63, 3.8) is 0 Å². The van der Waals surface area contributed by atoms with Crippen molar-refractivity contribution >= 4 is 5.97 Å². The number of hydrogen-bond acceptors (Lipinski definition) is 2. The minimum absolute atomic E-state index is 0.0742. The van der Waals surface area contributed by atoms with Gasteiger partial charge in [-0.15, -0.1) is 0 Å². The monoisotopic (exact) mass is 239 g/mol. The van der Waals surface area contributed by atoms with E-state index in [-0.39, 0.29) is 19.1 Å². The minimum Gasteiger partial charge on any atom is -0.481 e. The van der Waals surface area contributed by atoms with Gasteiger partial charge in [0, 0.05) is 12.5 Å². The molecule has 94 valence electrons. The maximum atomic E-state index is 12.0. The van der Waals surface area contributed by atoms with E-state index in [4.69, 9.17) is 10.8 Å². The van der Waals surface area contributed by atoms with Crippen LogP contribution in [0.4, 0.5) is 4.39 Å². The van der Waals surface area contributed by atoms with E-state index in [0.717, 1.165) is 17.5 Å². The molecule has 3 nitrogen and oxygen atoms in total. The summed E-state index contributed by atoms with van der Waals surface area (Å²) >= 11 is 0. The molecule has 0 radical (unpaired) electrons. The van der Waals surface area contributed by atoms with Gasteiger partial charge in [-0.2, -0.15) is 0 Å². The largest absolute Gasteiger partial charge is 0.481 e. The van der Waals surface area contributed by atoms with Crippen LogP contribution in [0.5, 0.6) is 0 Å². The summed E-state index contributed by atoms with van der Waals surface area (Å²) in [6, 6.07) is 7.37. The maximum absolute atomic E-state index is 12.0. The summed E-state index contributed by atoms with van der Waals surface area (Å²) in [5.74, 6) is -0.833. The molecule has 0 saturated heterocycles. The number of nitrogens with two attached hydrogens (primary N) is 1. The Labute approximate surface area is 100 Å². The van der Waals surface area contributed by atoms with Crippen LogP contribution in [0.3, 0.4) is 0 Å². The third kappa shape index (κ3) is 4.95. The predicted octanol–water partition coefficient (Wildman–Crippen LogP) is 2.45. The van der Waals surface area contributed by atoms with E-state index >= 15 is 0 Å². The fraction of sp³-hybridized carbons (Fsp3) is 0.462. The number of aliphatic carboxylic acids is 1. The SMILES string of the molecule is NC(CCC(=O)O)c1ccc(CCCF)cc1. The van der Waals surface area contributed by atoms with Crippen molar-refractivity contribution in [1.82, 2.24) is 0 Å². The first-order chi connectivity index (χ1) is 8.13. The average Bonchev–Trinajstić information content (AvgIpc) is 2.34. The molecule has 0 bridgehead atoms. The van der Waals surface area contributed by atoms with Gasteiger partial charge in [0.1, 0.15) is 0 Å². The van der Waals surface area contributed by atoms with Crippen LogP contribution < -0.4 is 5.73 Å². The molecule has 3 N–H and O–H groups in total. The first kappa shape index (κ1) is 13.6.